The number of hydrogen-bond donors (Lipinski definition) is 1. The van der Waals surface area contributed by atoms with Crippen LogP contribution in [0.5, 0.6) is 0 Å². The van der Waals surface area contributed by atoms with Crippen molar-refractivity contribution in [3.8, 4) is 0 Å². The first-order valence-electron chi connectivity index (χ1n) is 7.55. The first-order chi connectivity index (χ1) is 10.6. The lowest BCUT2D eigenvalue weighted by Gasteiger charge is -2.41. The van der Waals surface area contributed by atoms with Gasteiger partial charge < -0.3 is 14.6 Å². The summed E-state index contributed by atoms with van der Waals surface area (Å²) in [5, 5.41) is 1.18. The van der Waals surface area contributed by atoms with E-state index < -0.39 is 11.5 Å². The third-order valence-corrected chi connectivity index (χ3v) is 5.31. The van der Waals surface area contributed by atoms with Crippen molar-refractivity contribution in [3.05, 3.63) is 35.5 Å². The van der Waals surface area contributed by atoms with E-state index in [1.807, 2.05) is 30.0 Å². The van der Waals surface area contributed by atoms with Crippen LogP contribution in [0.15, 0.2) is 24.3 Å². The molecule has 2 aliphatic rings. The number of H-pyrrole nitrogens is 1. The van der Waals surface area contributed by atoms with Crippen molar-refractivity contribution in [2.24, 2.45) is 5.92 Å². The Morgan fingerprint density at radius 1 is 1.41 bits per heavy atom. The number of carbonyl (C=O) groups excluding carboxylic acids is 2. The normalized spacial score (nSPS) is 26.9. The molecule has 1 amide bonds. The van der Waals surface area contributed by atoms with Crippen LogP contribution in [-0.2, 0) is 26.3 Å². The van der Waals surface area contributed by atoms with Crippen molar-refractivity contribution in [3.63, 3.8) is 0 Å². The van der Waals surface area contributed by atoms with Gasteiger partial charge in [0.15, 0.2) is 0 Å². The molecule has 1 N–H and O–H groups in total. The predicted molar refractivity (Wildman–Crippen MR) is 81.2 cm³/mol. The fraction of sp³-hybridized carbons (Fsp3) is 0.412. The molecule has 0 bridgehead atoms. The third-order valence-electron chi connectivity index (χ3n) is 5.31. The maximum atomic E-state index is 12.4. The van der Waals surface area contributed by atoms with Gasteiger partial charge in [0, 0.05) is 29.6 Å². The maximum absolute atomic E-state index is 12.4. The SMILES string of the molecule is COC(=O)[C@H]1CC(=O)N2CCc3c([nH]c4ccccc34)[C@]12C. The summed E-state index contributed by atoms with van der Waals surface area (Å²) in [6.07, 6.45) is 1.03. The molecule has 0 radical (unpaired) electrons. The summed E-state index contributed by atoms with van der Waals surface area (Å²) >= 11 is 0. The minimum Gasteiger partial charge on any atom is -0.469 e. The monoisotopic (exact) mass is 298 g/mol. The molecular weight excluding hydrogens is 280 g/mol. The van der Waals surface area contributed by atoms with E-state index in [-0.39, 0.29) is 18.3 Å². The Morgan fingerprint density at radius 3 is 2.95 bits per heavy atom. The fourth-order valence-electron chi connectivity index (χ4n) is 4.17. The highest BCUT2D eigenvalue weighted by Gasteiger charge is 2.57. The van der Waals surface area contributed by atoms with Crippen molar-refractivity contribution >= 4 is 22.8 Å². The number of para-hydroxylation sites is 1. The number of nitrogens with zero attached hydrogens (tertiary/aromatic N) is 1. The number of ether oxygens (including phenoxy) is 1. The minimum atomic E-state index is -0.642. The van der Waals surface area contributed by atoms with Gasteiger partial charge in [-0.15, -0.1) is 0 Å². The summed E-state index contributed by atoms with van der Waals surface area (Å²) in [5.41, 5.74) is 2.62. The molecule has 114 valence electrons. The molecule has 2 aliphatic heterocycles. The van der Waals surface area contributed by atoms with E-state index in [1.54, 1.807) is 0 Å². The zero-order valence-electron chi connectivity index (χ0n) is 12.7. The number of aromatic nitrogens is 1. The number of benzene rings is 1. The number of methoxy groups -OCH3 is 1. The molecule has 1 fully saturated rings. The zero-order valence-corrected chi connectivity index (χ0v) is 12.7. The molecule has 3 heterocycles. The van der Waals surface area contributed by atoms with Gasteiger partial charge in [0.05, 0.1) is 18.6 Å². The molecule has 0 spiro atoms. The second kappa shape index (κ2) is 4.35. The largest absolute Gasteiger partial charge is 0.469 e. The predicted octanol–water partition coefficient (Wildman–Crippen LogP) is 1.96. The molecule has 5 heteroatoms. The smallest absolute Gasteiger partial charge is 0.311 e. The van der Waals surface area contributed by atoms with Crippen LogP contribution in [0.3, 0.4) is 0 Å². The molecular formula is C17H18N2O3. The lowest BCUT2D eigenvalue weighted by atomic mass is 9.79. The van der Waals surface area contributed by atoms with Gasteiger partial charge in [-0.05, 0) is 25.0 Å². The van der Waals surface area contributed by atoms with Gasteiger partial charge in [0.25, 0.3) is 0 Å². The van der Waals surface area contributed by atoms with Gasteiger partial charge in [-0.25, -0.2) is 0 Å². The Balaban J connectivity index is 1.96. The Hall–Kier alpha value is -2.30. The van der Waals surface area contributed by atoms with E-state index in [2.05, 4.69) is 11.1 Å². The summed E-state index contributed by atoms with van der Waals surface area (Å²) in [4.78, 5) is 29.9. The molecule has 1 aromatic carbocycles. The number of hydrogen-bond acceptors (Lipinski definition) is 3. The van der Waals surface area contributed by atoms with Gasteiger partial charge in [0.2, 0.25) is 5.91 Å². The zero-order chi connectivity index (χ0) is 15.5. The van der Waals surface area contributed by atoms with E-state index in [0.717, 1.165) is 17.6 Å². The third kappa shape index (κ3) is 1.48. The van der Waals surface area contributed by atoms with E-state index in [4.69, 9.17) is 4.74 Å². The number of esters is 1. The topological polar surface area (TPSA) is 62.4 Å². The van der Waals surface area contributed by atoms with Crippen LogP contribution in [0, 0.1) is 5.92 Å². The van der Waals surface area contributed by atoms with Gasteiger partial charge >= 0.3 is 5.97 Å². The van der Waals surface area contributed by atoms with Crippen LogP contribution in [0.2, 0.25) is 0 Å². The van der Waals surface area contributed by atoms with Crippen molar-refractivity contribution in [1.29, 1.82) is 0 Å². The number of rotatable bonds is 1. The molecule has 1 saturated heterocycles. The lowest BCUT2D eigenvalue weighted by molar-refractivity contribution is -0.149. The number of aromatic amines is 1. The fourth-order valence-corrected chi connectivity index (χ4v) is 4.17. The Labute approximate surface area is 128 Å². The molecule has 0 saturated carbocycles. The molecule has 2 atom stereocenters. The number of amides is 1. The van der Waals surface area contributed by atoms with Crippen LogP contribution in [-0.4, -0.2) is 35.4 Å². The van der Waals surface area contributed by atoms with Crippen molar-refractivity contribution < 1.29 is 14.3 Å². The van der Waals surface area contributed by atoms with Crippen molar-refractivity contribution in [2.75, 3.05) is 13.7 Å². The summed E-state index contributed by atoms with van der Waals surface area (Å²) in [6.45, 7) is 2.63. The molecule has 22 heavy (non-hydrogen) atoms. The average molecular weight is 298 g/mol. The van der Waals surface area contributed by atoms with E-state index in [0.29, 0.717) is 6.54 Å². The first-order valence-corrected chi connectivity index (χ1v) is 7.55. The lowest BCUT2D eigenvalue weighted by Crippen LogP contribution is -2.50. The molecule has 4 rings (SSSR count). The standard InChI is InChI=1S/C17H18N2O3/c1-17-12(16(21)22-2)9-14(20)19(17)8-7-11-10-5-3-4-6-13(10)18-15(11)17/h3-6,12,18H,7-9H2,1-2H3/t12-,17+/m1/s1. The Kier molecular flexibility index (Phi) is 2.64. The van der Waals surface area contributed by atoms with Gasteiger partial charge in [-0.1, -0.05) is 18.2 Å². The van der Waals surface area contributed by atoms with Crippen LogP contribution in [0.4, 0.5) is 0 Å². The molecule has 0 unspecified atom stereocenters. The molecule has 2 aromatic rings. The first kappa shape index (κ1) is 13.4. The minimum absolute atomic E-state index is 0.0298. The average Bonchev–Trinajstić information content (AvgIpc) is 3.03. The van der Waals surface area contributed by atoms with E-state index in [1.165, 1.54) is 18.1 Å². The maximum Gasteiger partial charge on any atom is 0.311 e. The van der Waals surface area contributed by atoms with Crippen molar-refractivity contribution in [1.82, 2.24) is 9.88 Å². The summed E-state index contributed by atoms with van der Waals surface area (Å²) < 4.78 is 4.95. The highest BCUT2D eigenvalue weighted by Crippen LogP contribution is 2.49. The highest BCUT2D eigenvalue weighted by atomic mass is 16.5. The van der Waals surface area contributed by atoms with Gasteiger partial charge in [0.1, 0.15) is 0 Å². The van der Waals surface area contributed by atoms with Crippen LogP contribution < -0.4 is 0 Å². The molecule has 5 nitrogen and oxygen atoms in total. The Morgan fingerprint density at radius 2 is 2.18 bits per heavy atom. The second-order valence-electron chi connectivity index (χ2n) is 6.25. The van der Waals surface area contributed by atoms with E-state index in [9.17, 15) is 9.59 Å². The number of nitrogens with one attached hydrogen (secondary N) is 1. The van der Waals surface area contributed by atoms with Crippen LogP contribution in [0.1, 0.15) is 24.6 Å². The number of fused-ring (bicyclic) bond motifs is 5. The van der Waals surface area contributed by atoms with Crippen LogP contribution in [0.25, 0.3) is 10.9 Å². The van der Waals surface area contributed by atoms with Crippen molar-refractivity contribution in [2.45, 2.75) is 25.3 Å². The van der Waals surface area contributed by atoms with Gasteiger partial charge in [-0.2, -0.15) is 0 Å². The van der Waals surface area contributed by atoms with Gasteiger partial charge in [-0.3, -0.25) is 9.59 Å². The second-order valence-corrected chi connectivity index (χ2v) is 6.25. The summed E-state index contributed by atoms with van der Waals surface area (Å²) in [5.74, 6) is -0.746. The number of carbonyl (C=O) groups is 2. The summed E-state index contributed by atoms with van der Waals surface area (Å²) in [7, 11) is 1.38. The Bertz CT molecular complexity index is 794. The molecule has 1 aromatic heterocycles. The quantitative estimate of drug-likeness (QED) is 0.819. The van der Waals surface area contributed by atoms with E-state index >= 15 is 0 Å². The molecule has 0 aliphatic carbocycles. The summed E-state index contributed by atoms with van der Waals surface area (Å²) in [6, 6.07) is 8.13. The highest BCUT2D eigenvalue weighted by molar-refractivity contribution is 5.92. The van der Waals surface area contributed by atoms with Crippen LogP contribution >= 0.6 is 0 Å².